The van der Waals surface area contributed by atoms with Crippen LogP contribution in [-0.4, -0.2) is 60.5 Å². The molecular weight excluding hydrogens is 1020 g/mol. The molecular formula is C50H49Cl5N8O8. The lowest BCUT2D eigenvalue weighted by Crippen LogP contribution is -2.32. The summed E-state index contributed by atoms with van der Waals surface area (Å²) in [5.41, 5.74) is 2.86. The first-order valence-electron chi connectivity index (χ1n) is 22.0. The Morgan fingerprint density at radius 3 is 1.30 bits per heavy atom. The van der Waals surface area contributed by atoms with E-state index in [1.54, 1.807) is 57.2 Å². The molecule has 0 radical (unpaired) electrons. The van der Waals surface area contributed by atoms with Crippen LogP contribution in [0.25, 0.3) is 0 Å². The van der Waals surface area contributed by atoms with Crippen molar-refractivity contribution in [3.8, 4) is 11.5 Å². The number of hydrogen-bond donors (Lipinski definition) is 4. The lowest BCUT2D eigenvalue weighted by atomic mass is 10.1. The van der Waals surface area contributed by atoms with Crippen LogP contribution in [0, 0.1) is 0 Å². The van der Waals surface area contributed by atoms with Gasteiger partial charge in [0.05, 0.1) is 50.5 Å². The minimum absolute atomic E-state index is 0.00542. The first-order chi connectivity index (χ1) is 33.7. The molecule has 0 fully saturated rings. The first kappa shape index (κ1) is 55.5. The van der Waals surface area contributed by atoms with Gasteiger partial charge in [-0.05, 0) is 144 Å². The third-order valence-electron chi connectivity index (χ3n) is 10.3. The molecule has 0 bridgehead atoms. The van der Waals surface area contributed by atoms with Crippen LogP contribution in [0.15, 0.2) is 111 Å². The summed E-state index contributed by atoms with van der Waals surface area (Å²) in [7, 11) is 0. The SMILES string of the molecule is CCOc1ccc(NC(=O)c2cccc(N=NC(C(C)=O)C(=O)Nc3ccc(NC(=O)C(N=Nc4cccc(C(=O)Nc5ccc(OCC)cc5C(C)Cl)c4Cl)C(C)=O)c(C(C)Cl)c3)c2Cl)c(C(C)Cl)c1. The maximum absolute atomic E-state index is 13.6. The Bertz CT molecular complexity index is 2890. The van der Waals surface area contributed by atoms with E-state index < -0.39 is 63.4 Å². The molecule has 21 heteroatoms. The largest absolute Gasteiger partial charge is 0.494 e. The summed E-state index contributed by atoms with van der Waals surface area (Å²) in [6.07, 6.45) is 0. The van der Waals surface area contributed by atoms with Crippen molar-refractivity contribution in [1.29, 1.82) is 0 Å². The smallest absolute Gasteiger partial charge is 0.258 e. The molecule has 0 aromatic heterocycles. The maximum atomic E-state index is 13.6. The summed E-state index contributed by atoms with van der Waals surface area (Å²) < 4.78 is 11.1. The molecule has 0 aliphatic rings. The predicted molar refractivity (Wildman–Crippen MR) is 279 cm³/mol. The molecule has 5 aromatic rings. The van der Waals surface area contributed by atoms with Gasteiger partial charge in [0.2, 0.25) is 12.1 Å². The number of alkyl halides is 3. The van der Waals surface area contributed by atoms with Crippen molar-refractivity contribution in [3.63, 3.8) is 0 Å². The zero-order valence-corrected chi connectivity index (χ0v) is 43.2. The number of carbonyl (C=O) groups excluding carboxylic acids is 6. The van der Waals surface area contributed by atoms with E-state index in [-0.39, 0.29) is 43.9 Å². The number of nitrogens with zero attached hydrogens (tertiary/aromatic N) is 4. The minimum atomic E-state index is -1.66. The number of amides is 4. The van der Waals surface area contributed by atoms with Crippen LogP contribution in [0.2, 0.25) is 10.0 Å². The van der Waals surface area contributed by atoms with E-state index in [4.69, 9.17) is 67.5 Å². The Kier molecular flexibility index (Phi) is 20.0. The number of hydrogen-bond acceptors (Lipinski definition) is 12. The number of nitrogens with one attached hydrogen (secondary N) is 4. The zero-order chi connectivity index (χ0) is 52.1. The van der Waals surface area contributed by atoms with Crippen molar-refractivity contribution in [3.05, 3.63) is 129 Å². The number of carbonyl (C=O) groups is 6. The Morgan fingerprint density at radius 2 is 0.901 bits per heavy atom. The molecule has 71 heavy (non-hydrogen) atoms. The van der Waals surface area contributed by atoms with Crippen molar-refractivity contribution in [1.82, 2.24) is 0 Å². The monoisotopic (exact) mass is 1060 g/mol. The fourth-order valence-electron chi connectivity index (χ4n) is 6.78. The Labute approximate surface area is 435 Å². The Balaban J connectivity index is 1.29. The number of benzene rings is 5. The van der Waals surface area contributed by atoms with E-state index in [1.807, 2.05) is 13.8 Å². The molecule has 0 aliphatic carbocycles. The fraction of sp³-hybridized carbons (Fsp3) is 0.280. The van der Waals surface area contributed by atoms with Crippen LogP contribution in [0.1, 0.15) is 102 Å². The average Bonchev–Trinajstić information content (AvgIpc) is 3.31. The number of Topliss-reactive ketones (excluding diaryl/α,β-unsaturated/α-hetero) is 2. The highest BCUT2D eigenvalue weighted by atomic mass is 35.5. The standard InChI is InChI=1S/C50H49Cl5N8O8/c1-8-70-31-17-20-39(36(23-31)26(4)52)57-47(66)33-12-10-14-41(43(33)54)60-62-45(28(6)64)49(68)56-30-16-19-38(35(22-30)25(3)51)59-50(69)46(29(7)65)63-61-42-15-11-13-34(44(42)55)48(67)58-40-21-18-32(71-9-2)24-37(40)27(5)53/h10-27,45-46H,8-9H2,1-7H3,(H,56,68)(H,57,66)(H,58,67)(H,59,69). The Morgan fingerprint density at radius 1 is 0.521 bits per heavy atom. The summed E-state index contributed by atoms with van der Waals surface area (Å²) in [5, 5.41) is 25.1. The van der Waals surface area contributed by atoms with Crippen LogP contribution in [-0.2, 0) is 19.2 Å². The quantitative estimate of drug-likeness (QED) is 0.0314. The normalized spacial score (nSPS) is 13.4. The van der Waals surface area contributed by atoms with Gasteiger partial charge in [0.1, 0.15) is 22.9 Å². The maximum Gasteiger partial charge on any atom is 0.258 e. The topological polar surface area (TPSA) is 218 Å². The van der Waals surface area contributed by atoms with Crippen LogP contribution in [0.4, 0.5) is 34.1 Å². The summed E-state index contributed by atoms with van der Waals surface area (Å²) in [6.45, 7) is 12.0. The van der Waals surface area contributed by atoms with Gasteiger partial charge in [0.15, 0.2) is 11.6 Å². The van der Waals surface area contributed by atoms with E-state index >= 15 is 0 Å². The van der Waals surface area contributed by atoms with Gasteiger partial charge in [-0.2, -0.15) is 20.5 Å². The van der Waals surface area contributed by atoms with Gasteiger partial charge < -0.3 is 30.7 Å². The molecule has 372 valence electrons. The highest BCUT2D eigenvalue weighted by Gasteiger charge is 2.28. The van der Waals surface area contributed by atoms with E-state index in [0.717, 1.165) is 13.8 Å². The molecule has 16 nitrogen and oxygen atoms in total. The molecule has 5 unspecified atom stereocenters. The minimum Gasteiger partial charge on any atom is -0.494 e. The van der Waals surface area contributed by atoms with Crippen LogP contribution in [0.5, 0.6) is 11.5 Å². The van der Waals surface area contributed by atoms with Gasteiger partial charge in [-0.15, -0.1) is 34.8 Å². The van der Waals surface area contributed by atoms with Gasteiger partial charge in [0.25, 0.3) is 23.6 Å². The van der Waals surface area contributed by atoms with Crippen LogP contribution < -0.4 is 30.7 Å². The van der Waals surface area contributed by atoms with E-state index in [0.29, 0.717) is 52.8 Å². The van der Waals surface area contributed by atoms with E-state index in [9.17, 15) is 28.8 Å². The molecule has 0 spiro atoms. The van der Waals surface area contributed by atoms with Crippen molar-refractivity contribution in [2.45, 2.75) is 76.7 Å². The molecule has 5 rings (SSSR count). The van der Waals surface area contributed by atoms with E-state index in [2.05, 4.69) is 41.7 Å². The number of anilines is 4. The molecule has 0 saturated carbocycles. The van der Waals surface area contributed by atoms with Crippen LogP contribution >= 0.6 is 58.0 Å². The van der Waals surface area contributed by atoms with Crippen molar-refractivity contribution in [2.24, 2.45) is 20.5 Å². The second-order valence-electron chi connectivity index (χ2n) is 15.6. The third kappa shape index (κ3) is 14.6. The van der Waals surface area contributed by atoms with Gasteiger partial charge >= 0.3 is 0 Å². The van der Waals surface area contributed by atoms with Gasteiger partial charge in [-0.3, -0.25) is 28.8 Å². The summed E-state index contributed by atoms with van der Waals surface area (Å²) in [5.74, 6) is -3.05. The predicted octanol–water partition coefficient (Wildman–Crippen LogP) is 13.6. The zero-order valence-electron chi connectivity index (χ0n) is 39.4. The van der Waals surface area contributed by atoms with Gasteiger partial charge in [-0.1, -0.05) is 35.3 Å². The van der Waals surface area contributed by atoms with Crippen LogP contribution in [0.3, 0.4) is 0 Å². The van der Waals surface area contributed by atoms with Crippen molar-refractivity contribution < 1.29 is 38.2 Å². The molecule has 0 saturated heterocycles. The Hall–Kier alpha value is -6.43. The number of ether oxygens (including phenoxy) is 2. The second kappa shape index (κ2) is 25.6. The number of ketones is 2. The number of halogens is 5. The highest BCUT2D eigenvalue weighted by Crippen LogP contribution is 2.37. The van der Waals surface area contributed by atoms with E-state index in [1.165, 1.54) is 54.6 Å². The van der Waals surface area contributed by atoms with Crippen molar-refractivity contribution in [2.75, 3.05) is 34.5 Å². The third-order valence-corrected chi connectivity index (χ3v) is 11.8. The lowest BCUT2D eigenvalue weighted by Gasteiger charge is -2.17. The second-order valence-corrected chi connectivity index (χ2v) is 18.4. The number of azo groups is 2. The molecule has 0 heterocycles. The van der Waals surface area contributed by atoms with Gasteiger partial charge in [0, 0.05) is 22.7 Å². The molecule has 4 N–H and O–H groups in total. The summed E-state index contributed by atoms with van der Waals surface area (Å²) in [6, 6.07) is 20.1. The average molecular weight is 1070 g/mol. The summed E-state index contributed by atoms with van der Waals surface area (Å²) in [4.78, 5) is 79.5. The lowest BCUT2D eigenvalue weighted by molar-refractivity contribution is -0.127. The molecule has 4 amide bonds. The first-order valence-corrected chi connectivity index (χ1v) is 24.0. The molecule has 0 aliphatic heterocycles. The number of rotatable bonds is 21. The highest BCUT2D eigenvalue weighted by molar-refractivity contribution is 6.37. The van der Waals surface area contributed by atoms with Crippen molar-refractivity contribution >= 4 is 127 Å². The molecule has 5 aromatic carbocycles. The van der Waals surface area contributed by atoms with Gasteiger partial charge in [-0.25, -0.2) is 0 Å². The fourth-order valence-corrected chi connectivity index (χ4v) is 7.82. The molecule has 5 atom stereocenters. The summed E-state index contributed by atoms with van der Waals surface area (Å²) >= 11 is 32.6.